The fourth-order valence-electron chi connectivity index (χ4n) is 6.12. The van der Waals surface area contributed by atoms with E-state index < -0.39 is 27.1 Å². The molecule has 4 atom stereocenters. The first-order valence-corrected chi connectivity index (χ1v) is 16.5. The summed E-state index contributed by atoms with van der Waals surface area (Å²) in [7, 11) is -2.20. The number of sulfonamides is 1. The van der Waals surface area contributed by atoms with Crippen LogP contribution in [0.25, 0.3) is 0 Å². The van der Waals surface area contributed by atoms with Crippen molar-refractivity contribution in [3.05, 3.63) is 58.1 Å². The standard InChI is InChI=1S/C31H40ClN3O5S/c1-20-14-30(36)34(3)17-24-7-8-25(24)18-35-13-5-4-6-22-15-27(32)11-9-26(22)19-40-29-12-10-23(16-28(29)35)31(37)33-41(38,39)21(20)2/h9-12,15-16,20-21,24-25H,4-8,13-14,17-19H2,1-3H3,(H,33,37)/t20-,21+,24-,25-/m0/s1. The van der Waals surface area contributed by atoms with Crippen LogP contribution in [0.15, 0.2) is 36.4 Å². The fourth-order valence-corrected chi connectivity index (χ4v) is 7.58. The molecular formula is C31H40ClN3O5S. The second-order valence-corrected chi connectivity index (χ2v) is 14.5. The summed E-state index contributed by atoms with van der Waals surface area (Å²) in [6.45, 7) is 5.86. The van der Waals surface area contributed by atoms with Gasteiger partial charge < -0.3 is 14.5 Å². The summed E-state index contributed by atoms with van der Waals surface area (Å²) < 4.78 is 35.0. The maximum atomic E-state index is 13.3. The average Bonchev–Trinajstić information content (AvgIpc) is 2.95. The molecule has 0 spiro atoms. The van der Waals surface area contributed by atoms with Gasteiger partial charge in [-0.25, -0.2) is 13.1 Å². The Balaban J connectivity index is 1.53. The molecule has 3 aliphatic rings. The lowest BCUT2D eigenvalue weighted by atomic mass is 9.73. The van der Waals surface area contributed by atoms with E-state index in [0.717, 1.165) is 56.4 Å². The minimum absolute atomic E-state index is 0.0700. The van der Waals surface area contributed by atoms with Gasteiger partial charge in [-0.2, -0.15) is 0 Å². The van der Waals surface area contributed by atoms with Gasteiger partial charge in [0.15, 0.2) is 0 Å². The number of rotatable bonds is 0. The number of hydrogen-bond donors (Lipinski definition) is 1. The molecule has 2 aromatic rings. The summed E-state index contributed by atoms with van der Waals surface area (Å²) in [5.41, 5.74) is 3.30. The van der Waals surface area contributed by atoms with Gasteiger partial charge in [0.1, 0.15) is 12.4 Å². The van der Waals surface area contributed by atoms with Crippen molar-refractivity contribution in [2.75, 3.05) is 31.6 Å². The number of benzene rings is 2. The molecule has 41 heavy (non-hydrogen) atoms. The van der Waals surface area contributed by atoms with Crippen LogP contribution in [0.4, 0.5) is 5.69 Å². The number of anilines is 1. The van der Waals surface area contributed by atoms with Gasteiger partial charge in [-0.15, -0.1) is 0 Å². The fraction of sp³-hybridized carbons (Fsp3) is 0.548. The molecule has 2 amide bonds. The highest BCUT2D eigenvalue weighted by Crippen LogP contribution is 2.39. The first-order valence-electron chi connectivity index (χ1n) is 14.6. The molecule has 1 fully saturated rings. The van der Waals surface area contributed by atoms with Gasteiger partial charge >= 0.3 is 0 Å². The van der Waals surface area contributed by atoms with E-state index in [9.17, 15) is 18.0 Å². The first-order chi connectivity index (χ1) is 19.5. The van der Waals surface area contributed by atoms with Crippen LogP contribution < -0.4 is 14.4 Å². The molecule has 0 unspecified atom stereocenters. The van der Waals surface area contributed by atoms with Crippen LogP contribution >= 0.6 is 11.6 Å². The number of aryl methyl sites for hydroxylation is 1. The summed E-state index contributed by atoms with van der Waals surface area (Å²) >= 11 is 6.30. The lowest BCUT2D eigenvalue weighted by Crippen LogP contribution is -2.46. The van der Waals surface area contributed by atoms with E-state index in [2.05, 4.69) is 9.62 Å². The summed E-state index contributed by atoms with van der Waals surface area (Å²) in [5, 5.41) is -0.208. The Labute approximate surface area is 248 Å². The number of halogens is 1. The Morgan fingerprint density at radius 1 is 0.976 bits per heavy atom. The lowest BCUT2D eigenvalue weighted by molar-refractivity contribution is -0.132. The summed E-state index contributed by atoms with van der Waals surface area (Å²) in [6, 6.07) is 11.0. The quantitative estimate of drug-likeness (QED) is 0.455. The summed E-state index contributed by atoms with van der Waals surface area (Å²) in [4.78, 5) is 30.4. The number of nitrogens with one attached hydrogen (secondary N) is 1. The predicted octanol–water partition coefficient (Wildman–Crippen LogP) is 5.03. The summed E-state index contributed by atoms with van der Waals surface area (Å²) in [5.74, 6) is 0.223. The van der Waals surface area contributed by atoms with Gasteiger partial charge in [0.2, 0.25) is 15.9 Å². The van der Waals surface area contributed by atoms with Gasteiger partial charge in [-0.05, 0) is 98.2 Å². The van der Waals surface area contributed by atoms with E-state index in [1.807, 2.05) is 18.2 Å². The highest BCUT2D eigenvalue weighted by molar-refractivity contribution is 7.90. The van der Waals surface area contributed by atoms with E-state index in [-0.39, 0.29) is 17.9 Å². The van der Waals surface area contributed by atoms with Crippen molar-refractivity contribution < 1.29 is 22.7 Å². The number of amides is 2. The number of nitrogens with zero attached hydrogens (tertiary/aromatic N) is 2. The third-order valence-corrected chi connectivity index (χ3v) is 11.4. The molecule has 222 valence electrons. The van der Waals surface area contributed by atoms with Crippen molar-refractivity contribution in [1.82, 2.24) is 9.62 Å². The normalized spacial score (nSPS) is 27.3. The predicted molar refractivity (Wildman–Crippen MR) is 161 cm³/mol. The smallest absolute Gasteiger partial charge is 0.264 e. The maximum Gasteiger partial charge on any atom is 0.264 e. The van der Waals surface area contributed by atoms with Crippen molar-refractivity contribution in [3.8, 4) is 5.75 Å². The number of carbonyl (C=O) groups is 2. The lowest BCUT2D eigenvalue weighted by Gasteiger charge is -2.42. The monoisotopic (exact) mass is 601 g/mol. The Bertz CT molecular complexity index is 1410. The highest BCUT2D eigenvalue weighted by Gasteiger charge is 2.36. The van der Waals surface area contributed by atoms with Crippen molar-refractivity contribution in [3.63, 3.8) is 0 Å². The Morgan fingerprint density at radius 2 is 1.73 bits per heavy atom. The van der Waals surface area contributed by atoms with Gasteiger partial charge in [-0.1, -0.05) is 24.6 Å². The molecule has 2 heterocycles. The van der Waals surface area contributed by atoms with Crippen molar-refractivity contribution in [1.29, 1.82) is 0 Å². The number of hydrogen-bond acceptors (Lipinski definition) is 6. The first kappa shape index (κ1) is 29.7. The minimum Gasteiger partial charge on any atom is -0.487 e. The van der Waals surface area contributed by atoms with E-state index in [1.165, 1.54) is 5.56 Å². The Morgan fingerprint density at radius 3 is 2.49 bits per heavy atom. The molecule has 1 N–H and O–H groups in total. The zero-order valence-corrected chi connectivity index (χ0v) is 25.6. The van der Waals surface area contributed by atoms with Crippen LogP contribution in [-0.4, -0.2) is 57.1 Å². The zero-order chi connectivity index (χ0) is 29.3. The molecule has 2 bridgehead atoms. The van der Waals surface area contributed by atoms with Crippen LogP contribution in [0.2, 0.25) is 5.02 Å². The molecule has 8 nitrogen and oxygen atoms in total. The molecule has 0 aromatic heterocycles. The van der Waals surface area contributed by atoms with E-state index in [0.29, 0.717) is 35.8 Å². The van der Waals surface area contributed by atoms with Crippen molar-refractivity contribution in [2.24, 2.45) is 17.8 Å². The van der Waals surface area contributed by atoms with Crippen LogP contribution in [-0.2, 0) is 27.8 Å². The largest absolute Gasteiger partial charge is 0.487 e. The molecule has 2 aromatic carbocycles. The second kappa shape index (κ2) is 12.2. The molecule has 1 aliphatic carbocycles. The topological polar surface area (TPSA) is 96.0 Å². The Kier molecular flexibility index (Phi) is 8.85. The maximum absolute atomic E-state index is 13.3. The van der Waals surface area contributed by atoms with Gasteiger partial charge in [-0.3, -0.25) is 9.59 Å². The van der Waals surface area contributed by atoms with Crippen LogP contribution in [0, 0.1) is 17.8 Å². The molecule has 10 heteroatoms. The van der Waals surface area contributed by atoms with Gasteiger partial charge in [0, 0.05) is 43.7 Å². The third-order valence-electron chi connectivity index (χ3n) is 9.22. The molecule has 1 saturated carbocycles. The van der Waals surface area contributed by atoms with Gasteiger partial charge in [0.25, 0.3) is 5.91 Å². The third kappa shape index (κ3) is 6.67. The summed E-state index contributed by atoms with van der Waals surface area (Å²) in [6.07, 6.45) is 5.04. The van der Waals surface area contributed by atoms with Crippen LogP contribution in [0.5, 0.6) is 5.75 Å². The number of ether oxygens (including phenoxy) is 1. The van der Waals surface area contributed by atoms with Crippen LogP contribution in [0.1, 0.15) is 67.4 Å². The molecular weight excluding hydrogens is 562 g/mol. The number of carbonyl (C=O) groups excluding carboxylic acids is 2. The van der Waals surface area contributed by atoms with Crippen molar-refractivity contribution >= 4 is 39.1 Å². The second-order valence-electron chi connectivity index (χ2n) is 12.0. The molecule has 0 radical (unpaired) electrons. The average molecular weight is 602 g/mol. The van der Waals surface area contributed by atoms with Crippen molar-refractivity contribution in [2.45, 2.75) is 64.2 Å². The zero-order valence-electron chi connectivity index (χ0n) is 24.1. The van der Waals surface area contributed by atoms with E-state index in [4.69, 9.17) is 16.3 Å². The molecule has 2 aliphatic heterocycles. The molecule has 0 saturated heterocycles. The SMILES string of the molecule is C[C@@H]1[C@@H](C)CC(=O)N(C)C[C@@H]2CC[C@H]2CN2CCCCc3cc(Cl)ccc3COc3ccc(cc32)C(=O)NS1(=O)=O. The van der Waals surface area contributed by atoms with E-state index >= 15 is 0 Å². The number of fused-ring (bicyclic) bond motifs is 3. The highest BCUT2D eigenvalue weighted by atomic mass is 35.5. The minimum atomic E-state index is -4.01. The Hall–Kier alpha value is -2.78. The van der Waals surface area contributed by atoms with E-state index in [1.54, 1.807) is 44.0 Å². The van der Waals surface area contributed by atoms with Gasteiger partial charge in [0.05, 0.1) is 10.9 Å². The molecule has 5 rings (SSSR count). The van der Waals surface area contributed by atoms with Crippen LogP contribution in [0.3, 0.4) is 0 Å².